The summed E-state index contributed by atoms with van der Waals surface area (Å²) in [6.45, 7) is 28.4. The van der Waals surface area contributed by atoms with E-state index in [9.17, 15) is 73.5 Å². The average molecular weight is 1930 g/mol. The monoisotopic (exact) mass is 1930 g/mol. The molecule has 46 nitrogen and oxygen atoms in total. The molecule has 0 aliphatic carbocycles. The van der Waals surface area contributed by atoms with Crippen molar-refractivity contribution in [3.8, 4) is 0 Å². The van der Waals surface area contributed by atoms with E-state index in [2.05, 4.69) is 72.4 Å². The number of unbranched alkanes of at least 4 members (excludes halogenated alkanes) is 4. The Bertz CT molecular complexity index is 3410. The van der Waals surface area contributed by atoms with Gasteiger partial charge in [0, 0.05) is 45.8 Å². The minimum atomic E-state index is -2.13. The molecule has 0 radical (unpaired) electrons. The molecule has 1 aliphatic heterocycles. The molecule has 1 saturated heterocycles. The predicted octanol–water partition coefficient (Wildman–Crippen LogP) is 3.86. The zero-order valence-corrected chi connectivity index (χ0v) is 83.1. The predicted molar refractivity (Wildman–Crippen MR) is 489 cm³/mol. The quantitative estimate of drug-likeness (QED) is 0.0190. The van der Waals surface area contributed by atoms with Crippen LogP contribution >= 0.6 is 0 Å². The van der Waals surface area contributed by atoms with Gasteiger partial charge in [-0.1, -0.05) is 5.21 Å². The van der Waals surface area contributed by atoms with Crippen molar-refractivity contribution >= 4 is 60.6 Å². The maximum atomic E-state index is 14.9. The summed E-state index contributed by atoms with van der Waals surface area (Å²) in [5.74, 6) is -3.36. The number of hydrogen-bond acceptors (Lipinski definition) is 38. The van der Waals surface area contributed by atoms with E-state index >= 15 is 0 Å². The van der Waals surface area contributed by atoms with Crippen molar-refractivity contribution in [3.05, 3.63) is 11.9 Å². The molecule has 1 aliphatic rings. The molecule has 134 heavy (non-hydrogen) atoms. The molecule has 0 saturated carbocycles. The van der Waals surface area contributed by atoms with Crippen molar-refractivity contribution in [1.29, 1.82) is 0 Å². The van der Waals surface area contributed by atoms with E-state index in [1.54, 1.807) is 83.1 Å². The lowest BCUT2D eigenvalue weighted by atomic mass is 9.90. The lowest BCUT2D eigenvalue weighted by molar-refractivity contribution is -0.302. The second-order valence-electron chi connectivity index (χ2n) is 38.1. The normalized spacial score (nSPS) is 16.6. The van der Waals surface area contributed by atoms with E-state index in [-0.39, 0.29) is 84.7 Å². The molecule has 3 unspecified atom stereocenters. The van der Waals surface area contributed by atoms with Gasteiger partial charge in [-0.2, -0.15) is 0 Å². The van der Waals surface area contributed by atoms with E-state index < -0.39 is 189 Å². The molecule has 0 aromatic carbocycles. The smallest absolute Gasteiger partial charge is 0.407 e. The van der Waals surface area contributed by atoms with Gasteiger partial charge in [-0.15, -0.1) is 5.10 Å². The molecule has 778 valence electrons. The number of rotatable bonds is 69. The highest BCUT2D eigenvalue weighted by Crippen LogP contribution is 2.30. The molecule has 7 amide bonds. The third kappa shape index (κ3) is 59.7. The van der Waals surface area contributed by atoms with Crippen LogP contribution in [0.25, 0.3) is 0 Å². The number of carbonyl (C=O) groups is 10. The molecule has 2 rings (SSSR count). The number of aliphatic hydroxyl groups is 5. The number of aromatic nitrogens is 3. The van der Waals surface area contributed by atoms with Gasteiger partial charge in [-0.3, -0.25) is 19.7 Å². The molecule has 1 aromatic rings. The first-order valence-corrected chi connectivity index (χ1v) is 46.4. The lowest BCUT2D eigenvalue weighted by Crippen LogP contribution is -2.59. The summed E-state index contributed by atoms with van der Waals surface area (Å²) in [5, 5.41) is 80.9. The van der Waals surface area contributed by atoms with Crippen LogP contribution in [0.15, 0.2) is 6.20 Å². The largest absolute Gasteiger partial charge is 0.464 e. The van der Waals surface area contributed by atoms with Crippen LogP contribution in [-0.2, 0) is 103 Å². The minimum absolute atomic E-state index is 0.0378. The molecular weight excluding hydrogens is 1760 g/mol. The minimum Gasteiger partial charge on any atom is -0.464 e. The highest BCUT2D eigenvalue weighted by molar-refractivity contribution is 5.82. The number of nitrogens with one attached hydrogen (secondary N) is 8. The summed E-state index contributed by atoms with van der Waals surface area (Å²) in [7, 11) is 7.72. The van der Waals surface area contributed by atoms with Crippen molar-refractivity contribution in [2.45, 2.75) is 254 Å². The summed E-state index contributed by atoms with van der Waals surface area (Å²) in [4.78, 5) is 142. The van der Waals surface area contributed by atoms with Crippen molar-refractivity contribution in [2.24, 2.45) is 16.2 Å². The SMILES string of the molecule is CN(CCCCNC(=O)OCC(C)(COC(=O)NCCCCN(C)CCCNC(=O)OC(C)(C)C)C(=O)OCC(C)(COC(=O)C(C)(COC(=O)NCCCCN(C)CCCNC(=O)OC(C)(C)C)COC(O)NCCCCN(C)CCCNC(=O)OC(C)(C)C)C(=O)OCc1cn(CCOCCOCCOCCO[C@H]2O[C@@H](CO)[C@@H](O)[C@@H](O)[C@H]2O)nn1)CCCNC(=O)OC(C)(C)C. The number of amides is 7. The Hall–Kier alpha value is -8.20. The van der Waals surface area contributed by atoms with Gasteiger partial charge in [0.05, 0.1) is 72.2 Å². The van der Waals surface area contributed by atoms with Crippen molar-refractivity contribution in [1.82, 2.24) is 77.1 Å². The summed E-state index contributed by atoms with van der Waals surface area (Å²) in [6.07, 6.45) is -4.53. The Labute approximate surface area is 790 Å². The lowest BCUT2D eigenvalue weighted by Gasteiger charge is -2.39. The third-order valence-corrected chi connectivity index (χ3v) is 19.7. The standard InChI is InChI=1S/C88H165N15O31/c1-82(2,3)131-78(115)93-36-28-44-99(16)40-24-20-32-89-74(111)126-61-87(14,62-127-75(112)90-33-21-25-41-100(17)45-29-37-94-79(116)132-83(4,5)6)72(109)124-59-86(13,71(108)123-58-65-56-103(98-97-65)48-49-119-50-51-120-52-53-121-54-55-122-70-69(107)68(106)67(105)66(57-104)130-70)60-125-73(110)88(15,63-128-76(113)91-34-22-26-42-101(18)46-30-38-95-80(117)133-84(7,8)9)64-129-77(114)92-35-23-27-43-102(19)47-31-39-96-81(118)134-85(10,11)12/h56,66-70,74,89,104-107,111H,20-55,57-64H2,1-19H3,(H,90,112)(H,91,113)(H,92,114)(H,93,115)(H,94,116)(H,95,117)(H,96,118)/t66-,67+,68+,69+,70-,74?,86?,87?/m0/s1. The fourth-order valence-electron chi connectivity index (χ4n) is 12.1. The van der Waals surface area contributed by atoms with Gasteiger partial charge in [-0.05, 0) is 268 Å². The summed E-state index contributed by atoms with van der Waals surface area (Å²) in [5.41, 5.74) is -8.43. The van der Waals surface area contributed by atoms with Crippen LogP contribution in [0.3, 0.4) is 0 Å². The zero-order valence-electron chi connectivity index (χ0n) is 83.1. The van der Waals surface area contributed by atoms with Crippen LogP contribution in [0.5, 0.6) is 0 Å². The Morgan fingerprint density at radius 3 is 1.05 bits per heavy atom. The number of aliphatic hydroxyl groups excluding tert-OH is 5. The van der Waals surface area contributed by atoms with Gasteiger partial charge in [0.2, 0.25) is 6.41 Å². The Balaban J connectivity index is 2.43. The first-order chi connectivity index (χ1) is 62.9. The average Bonchev–Trinajstić information content (AvgIpc) is 0.862. The van der Waals surface area contributed by atoms with Crippen LogP contribution in [0.1, 0.15) is 187 Å². The van der Waals surface area contributed by atoms with E-state index in [0.29, 0.717) is 156 Å². The highest BCUT2D eigenvalue weighted by atomic mass is 16.7. The van der Waals surface area contributed by atoms with Gasteiger partial charge in [0.15, 0.2) is 6.29 Å². The second kappa shape index (κ2) is 65.6. The topological polar surface area (TPSA) is 559 Å². The molecule has 0 bridgehead atoms. The molecular formula is C88H165N15O31. The van der Waals surface area contributed by atoms with Crippen LogP contribution in [0, 0.1) is 16.2 Å². The van der Waals surface area contributed by atoms with Crippen LogP contribution < -0.4 is 42.5 Å². The van der Waals surface area contributed by atoms with Gasteiger partial charge in [0.25, 0.3) is 0 Å². The number of esters is 3. The molecule has 46 heteroatoms. The van der Waals surface area contributed by atoms with E-state index in [0.717, 1.165) is 0 Å². The molecule has 2 heterocycles. The molecule has 0 spiro atoms. The highest BCUT2D eigenvalue weighted by Gasteiger charge is 2.47. The van der Waals surface area contributed by atoms with Crippen molar-refractivity contribution in [2.75, 3.05) is 225 Å². The number of ether oxygens (including phenoxy) is 16. The molecule has 1 fully saturated rings. The summed E-state index contributed by atoms with van der Waals surface area (Å²) in [6, 6.07) is 0. The van der Waals surface area contributed by atoms with E-state index in [1.165, 1.54) is 31.6 Å². The molecule has 1 aromatic heterocycles. The summed E-state index contributed by atoms with van der Waals surface area (Å²) >= 11 is 0. The number of alkyl carbamates (subject to hydrolysis) is 7. The Morgan fingerprint density at radius 1 is 0.388 bits per heavy atom. The molecule has 13 N–H and O–H groups in total. The Morgan fingerprint density at radius 2 is 0.694 bits per heavy atom. The maximum Gasteiger partial charge on any atom is 0.407 e. The zero-order chi connectivity index (χ0) is 100. The number of nitrogens with zero attached hydrogens (tertiary/aromatic N) is 7. The van der Waals surface area contributed by atoms with Gasteiger partial charge in [0.1, 0.15) is 108 Å². The summed E-state index contributed by atoms with van der Waals surface area (Å²) < 4.78 is 90.7. The second-order valence-corrected chi connectivity index (χ2v) is 38.1. The van der Waals surface area contributed by atoms with Crippen LogP contribution in [-0.4, -0.2) is 406 Å². The maximum absolute atomic E-state index is 14.9. The van der Waals surface area contributed by atoms with E-state index in [1.807, 2.05) is 28.2 Å². The number of hydrogen-bond donors (Lipinski definition) is 13. The fraction of sp³-hybridized carbons (Fsp3) is 0.864. The molecule has 8 atom stereocenters. The van der Waals surface area contributed by atoms with Gasteiger partial charge >= 0.3 is 60.6 Å². The first kappa shape index (κ1) is 122. The van der Waals surface area contributed by atoms with E-state index in [4.69, 9.17) is 75.8 Å². The van der Waals surface area contributed by atoms with Gasteiger partial charge < -0.3 is 158 Å². The third-order valence-electron chi connectivity index (χ3n) is 19.7. The van der Waals surface area contributed by atoms with Crippen molar-refractivity contribution < 1.29 is 149 Å². The number of carbonyl (C=O) groups excluding carboxylic acids is 10. The van der Waals surface area contributed by atoms with Gasteiger partial charge in [-0.25, -0.2) is 38.2 Å². The van der Waals surface area contributed by atoms with Crippen LogP contribution in [0.4, 0.5) is 33.6 Å². The fourth-order valence-corrected chi connectivity index (χ4v) is 12.1. The first-order valence-electron chi connectivity index (χ1n) is 46.4. The van der Waals surface area contributed by atoms with Crippen molar-refractivity contribution in [3.63, 3.8) is 0 Å². The van der Waals surface area contributed by atoms with Crippen LogP contribution in [0.2, 0.25) is 0 Å². The Kier molecular flexibility index (Phi) is 59.6.